The topological polar surface area (TPSA) is 24.5 Å². The van der Waals surface area contributed by atoms with Crippen molar-refractivity contribution in [3.05, 3.63) is 23.8 Å². The third-order valence-corrected chi connectivity index (χ3v) is 3.10. The fourth-order valence-corrected chi connectivity index (χ4v) is 2.13. The summed E-state index contributed by atoms with van der Waals surface area (Å²) < 4.78 is 5.70. The minimum absolute atomic E-state index is 0.799. The van der Waals surface area contributed by atoms with Crippen molar-refractivity contribution in [3.8, 4) is 5.75 Å². The molecule has 1 saturated heterocycles. The van der Waals surface area contributed by atoms with Gasteiger partial charge in [0.25, 0.3) is 0 Å². The normalized spacial score (nSPS) is 16.0. The average Bonchev–Trinajstić information content (AvgIpc) is 2.38. The highest BCUT2D eigenvalue weighted by Crippen LogP contribution is 2.24. The first-order valence-electron chi connectivity index (χ1n) is 6.50. The van der Waals surface area contributed by atoms with E-state index in [0.717, 1.165) is 45.0 Å². The molecule has 0 aromatic heterocycles. The van der Waals surface area contributed by atoms with E-state index < -0.39 is 0 Å². The molecule has 3 nitrogen and oxygen atoms in total. The Kier molecular flexibility index (Phi) is 4.26. The molecule has 0 bridgehead atoms. The van der Waals surface area contributed by atoms with Crippen molar-refractivity contribution >= 4 is 5.69 Å². The Morgan fingerprint density at radius 3 is 2.71 bits per heavy atom. The molecule has 0 unspecified atom stereocenters. The van der Waals surface area contributed by atoms with Crippen molar-refractivity contribution in [2.75, 3.05) is 37.7 Å². The number of nitrogens with one attached hydrogen (secondary N) is 1. The number of aryl methyl sites for hydroxylation is 1. The van der Waals surface area contributed by atoms with Gasteiger partial charge in [-0.05, 0) is 37.1 Å². The van der Waals surface area contributed by atoms with E-state index in [0.29, 0.717) is 0 Å². The predicted octanol–water partition coefficient (Wildman–Crippen LogP) is 2.19. The lowest BCUT2D eigenvalue weighted by atomic mass is 10.1. The van der Waals surface area contributed by atoms with Crippen molar-refractivity contribution in [2.24, 2.45) is 0 Å². The van der Waals surface area contributed by atoms with Crippen LogP contribution in [-0.4, -0.2) is 32.8 Å². The number of benzene rings is 1. The van der Waals surface area contributed by atoms with Crippen LogP contribution in [0.25, 0.3) is 0 Å². The third kappa shape index (κ3) is 3.13. The molecule has 1 heterocycles. The minimum atomic E-state index is 0.799. The van der Waals surface area contributed by atoms with Gasteiger partial charge >= 0.3 is 0 Å². The second-order valence-electron chi connectivity index (χ2n) is 4.54. The summed E-state index contributed by atoms with van der Waals surface area (Å²) in [6.45, 7) is 9.39. The number of ether oxygens (including phenoxy) is 1. The van der Waals surface area contributed by atoms with Crippen molar-refractivity contribution < 1.29 is 4.74 Å². The Hall–Kier alpha value is -1.22. The zero-order chi connectivity index (χ0) is 12.1. The van der Waals surface area contributed by atoms with Gasteiger partial charge in [0, 0.05) is 31.9 Å². The van der Waals surface area contributed by atoms with Crippen LogP contribution in [0.5, 0.6) is 5.75 Å². The van der Waals surface area contributed by atoms with Crippen LogP contribution in [0.4, 0.5) is 5.69 Å². The maximum Gasteiger partial charge on any atom is 0.122 e. The molecule has 0 radical (unpaired) electrons. The zero-order valence-corrected chi connectivity index (χ0v) is 10.8. The van der Waals surface area contributed by atoms with Crippen molar-refractivity contribution in [3.63, 3.8) is 0 Å². The van der Waals surface area contributed by atoms with Gasteiger partial charge in [-0.3, -0.25) is 0 Å². The van der Waals surface area contributed by atoms with Gasteiger partial charge in [-0.2, -0.15) is 0 Å². The molecule has 1 fully saturated rings. The van der Waals surface area contributed by atoms with E-state index >= 15 is 0 Å². The molecule has 0 aliphatic carbocycles. The maximum absolute atomic E-state index is 5.70. The maximum atomic E-state index is 5.70. The van der Waals surface area contributed by atoms with Crippen LogP contribution in [-0.2, 0) is 0 Å². The summed E-state index contributed by atoms with van der Waals surface area (Å²) in [6.07, 6.45) is 1.05. The molecule has 1 aliphatic heterocycles. The van der Waals surface area contributed by atoms with Crippen LogP contribution in [0.2, 0.25) is 0 Å². The van der Waals surface area contributed by atoms with Gasteiger partial charge < -0.3 is 15.0 Å². The van der Waals surface area contributed by atoms with E-state index in [2.05, 4.69) is 42.3 Å². The predicted molar refractivity (Wildman–Crippen MR) is 72.0 cm³/mol. The summed E-state index contributed by atoms with van der Waals surface area (Å²) in [7, 11) is 0. The molecule has 2 rings (SSSR count). The Morgan fingerprint density at radius 1 is 1.29 bits per heavy atom. The molecule has 3 heteroatoms. The number of hydrogen-bond acceptors (Lipinski definition) is 3. The number of piperazine rings is 1. The van der Waals surface area contributed by atoms with Gasteiger partial charge in [0.15, 0.2) is 0 Å². The van der Waals surface area contributed by atoms with Crippen LogP contribution in [0.1, 0.15) is 18.9 Å². The Balaban J connectivity index is 2.06. The lowest BCUT2D eigenvalue weighted by Gasteiger charge is -2.29. The molecule has 1 N–H and O–H groups in total. The summed E-state index contributed by atoms with van der Waals surface area (Å²) in [5.74, 6) is 1.02. The van der Waals surface area contributed by atoms with Gasteiger partial charge in [0.1, 0.15) is 5.75 Å². The Morgan fingerprint density at radius 2 is 2.06 bits per heavy atom. The van der Waals surface area contributed by atoms with Crippen molar-refractivity contribution in [2.45, 2.75) is 20.3 Å². The molecule has 1 aliphatic rings. The van der Waals surface area contributed by atoms with Gasteiger partial charge in [-0.1, -0.05) is 6.92 Å². The van der Waals surface area contributed by atoms with E-state index in [1.165, 1.54) is 11.3 Å². The summed E-state index contributed by atoms with van der Waals surface area (Å²) in [5, 5.41) is 3.37. The number of rotatable bonds is 4. The fourth-order valence-electron chi connectivity index (χ4n) is 2.13. The molecule has 94 valence electrons. The molecule has 17 heavy (non-hydrogen) atoms. The quantitative estimate of drug-likeness (QED) is 0.864. The summed E-state index contributed by atoms with van der Waals surface area (Å²) in [6, 6.07) is 6.50. The monoisotopic (exact) mass is 234 g/mol. The first-order valence-corrected chi connectivity index (χ1v) is 6.50. The summed E-state index contributed by atoms with van der Waals surface area (Å²) in [4.78, 5) is 2.42. The van der Waals surface area contributed by atoms with E-state index in [1.807, 2.05) is 0 Å². The molecule has 0 spiro atoms. The minimum Gasteiger partial charge on any atom is -0.493 e. The fraction of sp³-hybridized carbons (Fsp3) is 0.571. The summed E-state index contributed by atoms with van der Waals surface area (Å²) >= 11 is 0. The molecule has 0 atom stereocenters. The van der Waals surface area contributed by atoms with E-state index in [9.17, 15) is 0 Å². The van der Waals surface area contributed by atoms with Crippen LogP contribution in [0.15, 0.2) is 18.2 Å². The first-order chi connectivity index (χ1) is 8.31. The van der Waals surface area contributed by atoms with E-state index in [-0.39, 0.29) is 0 Å². The number of anilines is 1. The van der Waals surface area contributed by atoms with Gasteiger partial charge in [0.2, 0.25) is 0 Å². The van der Waals surface area contributed by atoms with E-state index in [4.69, 9.17) is 4.74 Å². The number of hydrogen-bond donors (Lipinski definition) is 1. The average molecular weight is 234 g/mol. The first kappa shape index (κ1) is 12.2. The van der Waals surface area contributed by atoms with Crippen LogP contribution in [0.3, 0.4) is 0 Å². The largest absolute Gasteiger partial charge is 0.493 e. The van der Waals surface area contributed by atoms with E-state index in [1.54, 1.807) is 0 Å². The smallest absolute Gasteiger partial charge is 0.122 e. The molecule has 0 amide bonds. The molecule has 0 saturated carbocycles. The lowest BCUT2D eigenvalue weighted by molar-refractivity contribution is 0.315. The van der Waals surface area contributed by atoms with Gasteiger partial charge in [-0.25, -0.2) is 0 Å². The van der Waals surface area contributed by atoms with Gasteiger partial charge in [-0.15, -0.1) is 0 Å². The van der Waals surface area contributed by atoms with Crippen LogP contribution >= 0.6 is 0 Å². The Labute approximate surface area is 104 Å². The molecule has 1 aromatic carbocycles. The number of nitrogens with zero attached hydrogens (tertiary/aromatic N) is 1. The standard InChI is InChI=1S/C14H22N2O/c1-3-10-17-14-5-4-13(11-12(14)2)16-8-6-15-7-9-16/h4-5,11,15H,3,6-10H2,1-2H3. The SMILES string of the molecule is CCCOc1ccc(N2CCNCC2)cc1C. The Bertz CT molecular complexity index is 359. The second kappa shape index (κ2) is 5.92. The van der Waals surface area contributed by atoms with Gasteiger partial charge in [0.05, 0.1) is 6.61 Å². The highest BCUT2D eigenvalue weighted by Gasteiger charge is 2.11. The highest BCUT2D eigenvalue weighted by molar-refractivity contribution is 5.53. The van der Waals surface area contributed by atoms with Crippen LogP contribution in [0, 0.1) is 6.92 Å². The van der Waals surface area contributed by atoms with Crippen molar-refractivity contribution in [1.29, 1.82) is 0 Å². The molecule has 1 aromatic rings. The summed E-state index contributed by atoms with van der Waals surface area (Å²) in [5.41, 5.74) is 2.54. The zero-order valence-electron chi connectivity index (χ0n) is 10.8. The molecular weight excluding hydrogens is 212 g/mol. The van der Waals surface area contributed by atoms with Crippen LogP contribution < -0.4 is 15.0 Å². The van der Waals surface area contributed by atoms with Crippen molar-refractivity contribution in [1.82, 2.24) is 5.32 Å². The highest BCUT2D eigenvalue weighted by atomic mass is 16.5. The third-order valence-electron chi connectivity index (χ3n) is 3.10. The second-order valence-corrected chi connectivity index (χ2v) is 4.54. The molecular formula is C14H22N2O. The lowest BCUT2D eigenvalue weighted by Crippen LogP contribution is -2.43.